The lowest BCUT2D eigenvalue weighted by molar-refractivity contribution is -0.194. The van der Waals surface area contributed by atoms with Gasteiger partial charge >= 0.3 is 0 Å². The van der Waals surface area contributed by atoms with Gasteiger partial charge in [0, 0.05) is 13.1 Å². The van der Waals surface area contributed by atoms with Gasteiger partial charge in [-0.1, -0.05) is 67.1 Å². The molecule has 4 nitrogen and oxygen atoms in total. The van der Waals surface area contributed by atoms with Crippen molar-refractivity contribution in [1.82, 2.24) is 10.4 Å². The highest BCUT2D eigenvalue weighted by Crippen LogP contribution is 2.21. The van der Waals surface area contributed by atoms with E-state index in [4.69, 9.17) is 4.84 Å². The molecule has 0 saturated carbocycles. The van der Waals surface area contributed by atoms with E-state index in [0.29, 0.717) is 19.1 Å². The molecule has 0 aromatic heterocycles. The van der Waals surface area contributed by atoms with Gasteiger partial charge in [0.25, 0.3) is 0 Å². The number of nitrogens with zero attached hydrogens (tertiary/aromatic N) is 1. The minimum absolute atomic E-state index is 0.0697. The molecule has 1 fully saturated rings. The molecule has 1 aliphatic heterocycles. The fourth-order valence-electron chi connectivity index (χ4n) is 3.61. The lowest BCUT2D eigenvalue weighted by Crippen LogP contribution is -2.40. The Morgan fingerprint density at radius 3 is 2.70 bits per heavy atom. The van der Waals surface area contributed by atoms with Gasteiger partial charge in [-0.15, -0.1) is 0 Å². The summed E-state index contributed by atoms with van der Waals surface area (Å²) < 4.78 is 0. The highest BCUT2D eigenvalue weighted by molar-refractivity contribution is 5.83. The minimum Gasteiger partial charge on any atom is -0.355 e. The number of rotatable bonds is 9. The van der Waals surface area contributed by atoms with E-state index in [0.717, 1.165) is 25.8 Å². The van der Waals surface area contributed by atoms with Gasteiger partial charge in [-0.25, -0.2) is 0 Å². The number of hydrogen-bond acceptors (Lipinski definition) is 3. The number of benzene rings is 2. The lowest BCUT2D eigenvalue weighted by Gasteiger charge is -2.26. The summed E-state index contributed by atoms with van der Waals surface area (Å²) in [6, 6.07) is 18.8. The molecule has 2 atom stereocenters. The largest absolute Gasteiger partial charge is 0.355 e. The Balaban J connectivity index is 1.54. The number of amides is 1. The predicted molar refractivity (Wildman–Crippen MR) is 108 cm³/mol. The second-order valence-corrected chi connectivity index (χ2v) is 7.45. The Labute approximate surface area is 162 Å². The van der Waals surface area contributed by atoms with Crippen molar-refractivity contribution in [2.75, 3.05) is 13.2 Å². The van der Waals surface area contributed by atoms with Crippen LogP contribution in [-0.2, 0) is 16.2 Å². The average molecular weight is 367 g/mol. The van der Waals surface area contributed by atoms with Crippen LogP contribution >= 0.6 is 0 Å². The monoisotopic (exact) mass is 366 g/mol. The molecule has 2 aromatic carbocycles. The maximum atomic E-state index is 12.2. The Hall–Kier alpha value is -2.17. The third kappa shape index (κ3) is 5.65. The molecule has 0 aliphatic carbocycles. The van der Waals surface area contributed by atoms with Crippen LogP contribution in [0.1, 0.15) is 48.8 Å². The maximum Gasteiger partial charge on any atom is 0.239 e. The van der Waals surface area contributed by atoms with Crippen molar-refractivity contribution in [3.8, 4) is 0 Å². The minimum atomic E-state index is -0.197. The zero-order valence-electron chi connectivity index (χ0n) is 16.4. The van der Waals surface area contributed by atoms with Crippen LogP contribution in [0.15, 0.2) is 54.6 Å². The van der Waals surface area contributed by atoms with E-state index in [1.165, 1.54) is 16.7 Å². The molecule has 0 spiro atoms. The SMILES string of the molecule is Cc1cccc(CN(OCCCC(C)c2ccccc2)C2CCNC2=O)c1. The first-order valence-corrected chi connectivity index (χ1v) is 9.91. The first kappa shape index (κ1) is 19.6. The molecular formula is C23H30N2O2. The van der Waals surface area contributed by atoms with Crippen LogP contribution in [0.5, 0.6) is 0 Å². The molecule has 27 heavy (non-hydrogen) atoms. The number of carbonyl (C=O) groups excluding carboxylic acids is 1. The van der Waals surface area contributed by atoms with E-state index < -0.39 is 0 Å². The fraction of sp³-hybridized carbons (Fsp3) is 0.435. The van der Waals surface area contributed by atoms with Crippen molar-refractivity contribution in [3.63, 3.8) is 0 Å². The summed E-state index contributed by atoms with van der Waals surface area (Å²) in [5.41, 5.74) is 3.76. The zero-order chi connectivity index (χ0) is 19.1. The summed E-state index contributed by atoms with van der Waals surface area (Å²) >= 11 is 0. The molecule has 0 radical (unpaired) electrons. The smallest absolute Gasteiger partial charge is 0.239 e. The second kappa shape index (κ2) is 9.67. The van der Waals surface area contributed by atoms with Crippen LogP contribution < -0.4 is 5.32 Å². The van der Waals surface area contributed by atoms with Crippen molar-refractivity contribution in [1.29, 1.82) is 0 Å². The summed E-state index contributed by atoms with van der Waals surface area (Å²) in [6.07, 6.45) is 2.83. The Kier molecular flexibility index (Phi) is 7.02. The van der Waals surface area contributed by atoms with Crippen molar-refractivity contribution in [3.05, 3.63) is 71.3 Å². The van der Waals surface area contributed by atoms with Crippen LogP contribution in [0.2, 0.25) is 0 Å². The molecular weight excluding hydrogens is 336 g/mol. The van der Waals surface area contributed by atoms with E-state index in [1.54, 1.807) is 0 Å². The maximum absolute atomic E-state index is 12.2. The highest BCUT2D eigenvalue weighted by atomic mass is 16.7. The first-order chi connectivity index (χ1) is 13.1. The van der Waals surface area contributed by atoms with Gasteiger partial charge in [-0.05, 0) is 43.2 Å². The van der Waals surface area contributed by atoms with Crippen molar-refractivity contribution in [2.24, 2.45) is 0 Å². The van der Waals surface area contributed by atoms with Crippen molar-refractivity contribution >= 4 is 5.91 Å². The Morgan fingerprint density at radius 1 is 1.19 bits per heavy atom. The highest BCUT2D eigenvalue weighted by Gasteiger charge is 2.31. The first-order valence-electron chi connectivity index (χ1n) is 9.91. The van der Waals surface area contributed by atoms with Crippen LogP contribution in [-0.4, -0.2) is 30.2 Å². The standard InChI is InChI=1S/C23H30N2O2/c1-18-8-6-10-20(16-18)17-25(22-13-14-24-23(22)26)27-15-7-9-19(2)21-11-4-3-5-12-21/h3-6,8,10-12,16,19,22H,7,9,13-15,17H2,1-2H3,(H,24,26). The summed E-state index contributed by atoms with van der Waals surface area (Å²) in [6.45, 7) is 6.33. The molecule has 1 N–H and O–H groups in total. The Bertz CT molecular complexity index is 732. The van der Waals surface area contributed by atoms with E-state index >= 15 is 0 Å². The van der Waals surface area contributed by atoms with Crippen LogP contribution in [0.4, 0.5) is 0 Å². The molecule has 3 rings (SSSR count). The van der Waals surface area contributed by atoms with E-state index in [1.807, 2.05) is 5.06 Å². The summed E-state index contributed by atoms with van der Waals surface area (Å²) in [5, 5.41) is 4.80. The third-order valence-electron chi connectivity index (χ3n) is 5.20. The normalized spacial score (nSPS) is 17.9. The van der Waals surface area contributed by atoms with E-state index in [-0.39, 0.29) is 11.9 Å². The lowest BCUT2D eigenvalue weighted by atomic mass is 9.97. The van der Waals surface area contributed by atoms with Gasteiger partial charge in [0.2, 0.25) is 5.91 Å². The topological polar surface area (TPSA) is 41.6 Å². The van der Waals surface area contributed by atoms with Crippen LogP contribution in [0, 0.1) is 6.92 Å². The number of hydroxylamine groups is 2. The van der Waals surface area contributed by atoms with Gasteiger partial charge in [-0.3, -0.25) is 9.63 Å². The number of nitrogens with one attached hydrogen (secondary N) is 1. The van der Waals surface area contributed by atoms with Gasteiger partial charge in [0.15, 0.2) is 0 Å². The van der Waals surface area contributed by atoms with Gasteiger partial charge in [0.05, 0.1) is 6.61 Å². The van der Waals surface area contributed by atoms with Crippen molar-refractivity contribution in [2.45, 2.75) is 51.6 Å². The second-order valence-electron chi connectivity index (χ2n) is 7.45. The zero-order valence-corrected chi connectivity index (χ0v) is 16.4. The molecule has 1 heterocycles. The third-order valence-corrected chi connectivity index (χ3v) is 5.20. The molecule has 2 unspecified atom stereocenters. The van der Waals surface area contributed by atoms with Gasteiger partial charge in [0.1, 0.15) is 6.04 Å². The van der Waals surface area contributed by atoms with Gasteiger partial charge in [-0.2, -0.15) is 5.06 Å². The summed E-state index contributed by atoms with van der Waals surface area (Å²) in [4.78, 5) is 18.3. The molecule has 1 amide bonds. The summed E-state index contributed by atoms with van der Waals surface area (Å²) in [7, 11) is 0. The fourth-order valence-corrected chi connectivity index (χ4v) is 3.61. The average Bonchev–Trinajstić information content (AvgIpc) is 3.10. The number of aryl methyl sites for hydroxylation is 1. The van der Waals surface area contributed by atoms with E-state index in [9.17, 15) is 4.79 Å². The van der Waals surface area contributed by atoms with Crippen molar-refractivity contribution < 1.29 is 9.63 Å². The van der Waals surface area contributed by atoms with Gasteiger partial charge < -0.3 is 5.32 Å². The predicted octanol–water partition coefficient (Wildman–Crippen LogP) is 4.20. The molecule has 0 bridgehead atoms. The molecule has 144 valence electrons. The molecule has 2 aromatic rings. The molecule has 1 aliphatic rings. The molecule has 4 heteroatoms. The number of hydrogen-bond donors (Lipinski definition) is 1. The number of carbonyl (C=O) groups is 1. The molecule has 1 saturated heterocycles. The van der Waals surface area contributed by atoms with Crippen LogP contribution in [0.25, 0.3) is 0 Å². The Morgan fingerprint density at radius 2 is 2.00 bits per heavy atom. The quantitative estimate of drug-likeness (QED) is 0.534. The van der Waals surface area contributed by atoms with Crippen LogP contribution in [0.3, 0.4) is 0 Å². The summed E-state index contributed by atoms with van der Waals surface area (Å²) in [5.74, 6) is 0.579. The van der Waals surface area contributed by atoms with E-state index in [2.05, 4.69) is 73.8 Å².